The third kappa shape index (κ3) is 4.60. The Labute approximate surface area is 177 Å². The van der Waals surface area contributed by atoms with Crippen LogP contribution < -0.4 is 10.4 Å². The van der Waals surface area contributed by atoms with Crippen LogP contribution in [0.2, 0.25) is 5.04 Å². The molecule has 3 aromatic rings. The molecule has 0 radical (unpaired) electrons. The first-order chi connectivity index (χ1) is 13.8. The van der Waals surface area contributed by atoms with Crippen LogP contribution in [0.5, 0.6) is 0 Å². The molecule has 0 fully saturated rings. The second kappa shape index (κ2) is 8.94. The van der Waals surface area contributed by atoms with E-state index in [1.54, 1.807) is 0 Å². The predicted molar refractivity (Wildman–Crippen MR) is 128 cm³/mol. The summed E-state index contributed by atoms with van der Waals surface area (Å²) in [5, 5.41) is 2.62. The van der Waals surface area contributed by atoms with Crippen molar-refractivity contribution in [2.24, 2.45) is 0 Å². The molecule has 1 nitrogen and oxygen atoms in total. The molecule has 0 aliphatic rings. The number of hydrogen-bond donors (Lipinski definition) is 0. The fourth-order valence-corrected chi connectivity index (χ4v) is 8.79. The molecule has 0 aliphatic carbocycles. The number of allylic oxidation sites excluding steroid dienone is 1. The molecule has 0 aliphatic heterocycles. The standard InChI is InChI=1S/C27H32OSi/c1-22(24-15-9-6-10-16-24)21-23(2)28-29(27(3,4)5,25-17-11-7-12-18-25)26-19-13-8-14-20-26/h6-21,23H,1-5H3/b22-21+/t23-/m0/s1. The summed E-state index contributed by atoms with van der Waals surface area (Å²) in [4.78, 5) is 0. The minimum atomic E-state index is -2.52. The number of hydrogen-bond acceptors (Lipinski definition) is 1. The van der Waals surface area contributed by atoms with Crippen LogP contribution in [0.25, 0.3) is 5.57 Å². The summed E-state index contributed by atoms with van der Waals surface area (Å²) in [7, 11) is -2.52. The van der Waals surface area contributed by atoms with Crippen molar-refractivity contribution in [3.63, 3.8) is 0 Å². The first kappa shape index (κ1) is 21.3. The van der Waals surface area contributed by atoms with Crippen molar-refractivity contribution in [3.05, 3.63) is 103 Å². The normalized spacial score (nSPS) is 13.9. The Hall–Kier alpha value is -2.42. The van der Waals surface area contributed by atoms with E-state index >= 15 is 0 Å². The predicted octanol–water partition coefficient (Wildman–Crippen LogP) is 6.06. The molecule has 2 heteroatoms. The fourth-order valence-electron chi connectivity index (χ4n) is 4.15. The minimum absolute atomic E-state index is 0.00140. The van der Waals surface area contributed by atoms with Crippen LogP contribution in [0.3, 0.4) is 0 Å². The van der Waals surface area contributed by atoms with Crippen molar-refractivity contribution in [3.8, 4) is 0 Å². The van der Waals surface area contributed by atoms with Gasteiger partial charge in [-0.1, -0.05) is 118 Å². The van der Waals surface area contributed by atoms with Crippen LogP contribution in [0.4, 0.5) is 0 Å². The lowest BCUT2D eigenvalue weighted by molar-refractivity contribution is 0.252. The summed E-state index contributed by atoms with van der Waals surface area (Å²) < 4.78 is 7.13. The van der Waals surface area contributed by atoms with Gasteiger partial charge in [-0.15, -0.1) is 0 Å². The maximum absolute atomic E-state index is 7.13. The van der Waals surface area contributed by atoms with Gasteiger partial charge in [0.05, 0.1) is 6.10 Å². The maximum Gasteiger partial charge on any atom is 0.261 e. The van der Waals surface area contributed by atoms with Gasteiger partial charge in [0.2, 0.25) is 0 Å². The van der Waals surface area contributed by atoms with Crippen molar-refractivity contribution in [2.75, 3.05) is 0 Å². The summed E-state index contributed by atoms with van der Waals surface area (Å²) in [5.41, 5.74) is 2.49. The van der Waals surface area contributed by atoms with E-state index in [0.29, 0.717) is 0 Å². The van der Waals surface area contributed by atoms with E-state index < -0.39 is 8.32 Å². The molecule has 1 atom stereocenters. The van der Waals surface area contributed by atoms with Gasteiger partial charge in [-0.05, 0) is 40.4 Å². The van der Waals surface area contributed by atoms with E-state index in [-0.39, 0.29) is 11.1 Å². The third-order valence-corrected chi connectivity index (χ3v) is 10.6. The molecule has 0 spiro atoms. The summed E-state index contributed by atoms with van der Waals surface area (Å²) in [6.07, 6.45) is 2.26. The van der Waals surface area contributed by atoms with Crippen LogP contribution in [-0.2, 0) is 4.43 Å². The van der Waals surface area contributed by atoms with Gasteiger partial charge in [0.25, 0.3) is 8.32 Å². The highest BCUT2D eigenvalue weighted by Gasteiger charge is 2.50. The molecule has 0 amide bonds. The van der Waals surface area contributed by atoms with Crippen molar-refractivity contribution < 1.29 is 4.43 Å². The molecule has 150 valence electrons. The van der Waals surface area contributed by atoms with Gasteiger partial charge < -0.3 is 4.43 Å². The molecule has 29 heavy (non-hydrogen) atoms. The Kier molecular flexibility index (Phi) is 6.56. The van der Waals surface area contributed by atoms with Crippen molar-refractivity contribution in [1.29, 1.82) is 0 Å². The van der Waals surface area contributed by atoms with E-state index in [1.165, 1.54) is 21.5 Å². The smallest absolute Gasteiger partial charge is 0.261 e. The summed E-state index contributed by atoms with van der Waals surface area (Å²) in [6.45, 7) is 11.3. The molecule has 3 aromatic carbocycles. The lowest BCUT2D eigenvalue weighted by atomic mass is 10.1. The molecule has 0 N–H and O–H groups in total. The Balaban J connectivity index is 2.08. The highest BCUT2D eigenvalue weighted by atomic mass is 28.4. The Morgan fingerprint density at radius 1 is 0.759 bits per heavy atom. The molecule has 3 rings (SSSR count). The molecule has 0 aromatic heterocycles. The Bertz CT molecular complexity index is 885. The van der Waals surface area contributed by atoms with Crippen LogP contribution in [0, 0.1) is 0 Å². The monoisotopic (exact) mass is 400 g/mol. The summed E-state index contributed by atoms with van der Waals surface area (Å²) >= 11 is 0. The van der Waals surface area contributed by atoms with E-state index in [0.717, 1.165) is 0 Å². The average molecular weight is 401 g/mol. The van der Waals surface area contributed by atoms with Crippen LogP contribution >= 0.6 is 0 Å². The van der Waals surface area contributed by atoms with Gasteiger partial charge in [0.15, 0.2) is 0 Å². The minimum Gasteiger partial charge on any atom is -0.401 e. The topological polar surface area (TPSA) is 9.23 Å². The zero-order valence-corrected chi connectivity index (χ0v) is 19.2. The van der Waals surface area contributed by atoms with E-state index in [2.05, 4.69) is 132 Å². The first-order valence-electron chi connectivity index (χ1n) is 10.4. The quantitative estimate of drug-likeness (QED) is 0.457. The van der Waals surface area contributed by atoms with Gasteiger partial charge in [0, 0.05) is 0 Å². The lowest BCUT2D eigenvalue weighted by Gasteiger charge is -2.44. The van der Waals surface area contributed by atoms with Gasteiger partial charge in [-0.25, -0.2) is 0 Å². The molecule has 0 bridgehead atoms. The van der Waals surface area contributed by atoms with Crippen LogP contribution in [-0.4, -0.2) is 14.4 Å². The number of rotatable bonds is 6. The summed E-state index contributed by atoms with van der Waals surface area (Å²) in [6, 6.07) is 32.2. The van der Waals surface area contributed by atoms with Crippen molar-refractivity contribution in [1.82, 2.24) is 0 Å². The molecular weight excluding hydrogens is 368 g/mol. The summed E-state index contributed by atoms with van der Waals surface area (Å²) in [5.74, 6) is 0. The van der Waals surface area contributed by atoms with Crippen molar-refractivity contribution in [2.45, 2.75) is 45.8 Å². The van der Waals surface area contributed by atoms with E-state index in [9.17, 15) is 0 Å². The lowest BCUT2D eigenvalue weighted by Crippen LogP contribution is -2.67. The van der Waals surface area contributed by atoms with Gasteiger partial charge in [0.1, 0.15) is 0 Å². The zero-order valence-electron chi connectivity index (χ0n) is 18.2. The highest BCUT2D eigenvalue weighted by Crippen LogP contribution is 2.37. The van der Waals surface area contributed by atoms with Crippen molar-refractivity contribution >= 4 is 24.3 Å². The molecule has 0 saturated heterocycles. The second-order valence-electron chi connectivity index (χ2n) is 8.70. The molecule has 0 heterocycles. The Morgan fingerprint density at radius 3 is 1.59 bits per heavy atom. The second-order valence-corrected chi connectivity index (χ2v) is 13.0. The largest absolute Gasteiger partial charge is 0.401 e. The van der Waals surface area contributed by atoms with Crippen LogP contribution in [0.1, 0.15) is 40.2 Å². The molecule has 0 saturated carbocycles. The van der Waals surface area contributed by atoms with E-state index in [4.69, 9.17) is 4.43 Å². The Morgan fingerprint density at radius 2 is 1.17 bits per heavy atom. The molecule has 0 unspecified atom stereocenters. The third-order valence-electron chi connectivity index (χ3n) is 5.49. The first-order valence-corrected chi connectivity index (χ1v) is 12.3. The van der Waals surface area contributed by atoms with Crippen LogP contribution in [0.15, 0.2) is 97.1 Å². The van der Waals surface area contributed by atoms with Gasteiger partial charge in [-0.2, -0.15) is 0 Å². The maximum atomic E-state index is 7.13. The fraction of sp³-hybridized carbons (Fsp3) is 0.259. The molecular formula is C27H32OSi. The highest BCUT2D eigenvalue weighted by molar-refractivity contribution is 6.99. The average Bonchev–Trinajstić information content (AvgIpc) is 2.73. The van der Waals surface area contributed by atoms with Gasteiger partial charge in [-0.3, -0.25) is 0 Å². The zero-order chi connectivity index (χ0) is 20.9. The van der Waals surface area contributed by atoms with Gasteiger partial charge >= 0.3 is 0 Å². The SMILES string of the molecule is C/C(=C\[C@H](C)O[Si](c1ccccc1)(c1ccccc1)C(C)(C)C)c1ccccc1. The number of benzene rings is 3. The van der Waals surface area contributed by atoms with E-state index in [1.807, 2.05) is 0 Å².